The summed E-state index contributed by atoms with van der Waals surface area (Å²) in [5.41, 5.74) is 3.45. The maximum atomic E-state index is 12.4. The predicted octanol–water partition coefficient (Wildman–Crippen LogP) is 2.77. The van der Waals surface area contributed by atoms with E-state index in [1.54, 1.807) is 12.4 Å². The highest BCUT2D eigenvalue weighted by molar-refractivity contribution is 5.97. The Bertz CT molecular complexity index is 823. The number of nitrogens with zero attached hydrogens (tertiary/aromatic N) is 3. The molecule has 3 rings (SSSR count). The second-order valence-electron chi connectivity index (χ2n) is 5.40. The van der Waals surface area contributed by atoms with Crippen LogP contribution in [0, 0.1) is 6.92 Å². The van der Waals surface area contributed by atoms with E-state index in [4.69, 9.17) is 0 Å². The lowest BCUT2D eigenvalue weighted by molar-refractivity contribution is 0.0940. The Labute approximate surface area is 129 Å². The molecule has 22 heavy (non-hydrogen) atoms. The van der Waals surface area contributed by atoms with Crippen LogP contribution in [0.1, 0.15) is 34.7 Å². The molecule has 0 saturated carbocycles. The second-order valence-corrected chi connectivity index (χ2v) is 5.40. The number of carbonyl (C=O) groups excluding carboxylic acids is 1. The van der Waals surface area contributed by atoms with Gasteiger partial charge in [-0.25, -0.2) is 4.98 Å². The van der Waals surface area contributed by atoms with Crippen molar-refractivity contribution in [3.63, 3.8) is 0 Å². The van der Waals surface area contributed by atoms with Crippen molar-refractivity contribution in [1.29, 1.82) is 0 Å². The first kappa shape index (κ1) is 14.3. The van der Waals surface area contributed by atoms with Gasteiger partial charge in [-0.2, -0.15) is 0 Å². The molecule has 0 spiro atoms. The van der Waals surface area contributed by atoms with E-state index in [0.29, 0.717) is 5.56 Å². The summed E-state index contributed by atoms with van der Waals surface area (Å²) in [6.07, 6.45) is 3.48. The van der Waals surface area contributed by atoms with E-state index in [0.717, 1.165) is 22.4 Å². The maximum absolute atomic E-state index is 12.4. The average molecular weight is 294 g/mol. The van der Waals surface area contributed by atoms with Gasteiger partial charge in [0, 0.05) is 25.0 Å². The summed E-state index contributed by atoms with van der Waals surface area (Å²) in [4.78, 5) is 20.9. The van der Waals surface area contributed by atoms with Gasteiger partial charge >= 0.3 is 0 Å². The molecule has 112 valence electrons. The molecule has 0 aliphatic carbocycles. The zero-order valence-electron chi connectivity index (χ0n) is 12.9. The Morgan fingerprint density at radius 2 is 2.14 bits per heavy atom. The van der Waals surface area contributed by atoms with Crippen molar-refractivity contribution in [3.05, 3.63) is 59.7 Å². The number of aryl methyl sites for hydroxylation is 2. The lowest BCUT2D eigenvalue weighted by Crippen LogP contribution is -2.26. The van der Waals surface area contributed by atoms with Gasteiger partial charge in [0.1, 0.15) is 5.82 Å². The highest BCUT2D eigenvalue weighted by atomic mass is 16.1. The third-order valence-corrected chi connectivity index (χ3v) is 3.90. The molecule has 0 bridgehead atoms. The van der Waals surface area contributed by atoms with Crippen LogP contribution in [-0.2, 0) is 7.05 Å². The third-order valence-electron chi connectivity index (χ3n) is 3.90. The van der Waals surface area contributed by atoms with Crippen molar-refractivity contribution >= 4 is 16.9 Å². The third kappa shape index (κ3) is 2.57. The van der Waals surface area contributed by atoms with Crippen LogP contribution in [0.15, 0.2) is 42.7 Å². The van der Waals surface area contributed by atoms with Gasteiger partial charge in [0.05, 0.1) is 17.1 Å². The van der Waals surface area contributed by atoms with Gasteiger partial charge in [0.2, 0.25) is 0 Å². The first-order valence-corrected chi connectivity index (χ1v) is 7.20. The Hall–Kier alpha value is -2.69. The molecule has 1 N–H and O–H groups in total. The number of aromatic nitrogens is 3. The molecular formula is C17H18N4O. The number of amides is 1. The Balaban J connectivity index is 1.83. The van der Waals surface area contributed by atoms with E-state index >= 15 is 0 Å². The van der Waals surface area contributed by atoms with Crippen LogP contribution < -0.4 is 5.32 Å². The Morgan fingerprint density at radius 3 is 2.86 bits per heavy atom. The summed E-state index contributed by atoms with van der Waals surface area (Å²) >= 11 is 0. The molecule has 5 nitrogen and oxygen atoms in total. The molecule has 2 heterocycles. The second kappa shape index (κ2) is 5.60. The van der Waals surface area contributed by atoms with E-state index in [1.807, 2.05) is 55.8 Å². The number of pyridine rings is 1. The first-order valence-electron chi connectivity index (χ1n) is 7.20. The number of benzene rings is 1. The standard InChI is InChI=1S/C17H18N4O/c1-11(14-5-4-8-18-10-14)19-17(22)13-6-7-16-15(9-13)20-12(2)21(16)3/h4-11H,1-3H3,(H,19,22). The summed E-state index contributed by atoms with van der Waals surface area (Å²) in [7, 11) is 1.97. The van der Waals surface area contributed by atoms with Crippen molar-refractivity contribution < 1.29 is 4.79 Å². The minimum absolute atomic E-state index is 0.0950. The zero-order valence-corrected chi connectivity index (χ0v) is 12.9. The number of nitrogens with one attached hydrogen (secondary N) is 1. The summed E-state index contributed by atoms with van der Waals surface area (Å²) in [5, 5.41) is 2.99. The fourth-order valence-electron chi connectivity index (χ4n) is 2.46. The van der Waals surface area contributed by atoms with Gasteiger partial charge in [-0.15, -0.1) is 0 Å². The molecule has 0 fully saturated rings. The molecular weight excluding hydrogens is 276 g/mol. The van der Waals surface area contributed by atoms with Gasteiger partial charge in [0.25, 0.3) is 5.91 Å². The SMILES string of the molecule is Cc1nc2cc(C(=O)NC(C)c3cccnc3)ccc2n1C. The van der Waals surface area contributed by atoms with Crippen LogP contribution in [0.5, 0.6) is 0 Å². The highest BCUT2D eigenvalue weighted by Crippen LogP contribution is 2.17. The van der Waals surface area contributed by atoms with E-state index in [-0.39, 0.29) is 11.9 Å². The van der Waals surface area contributed by atoms with Crippen LogP contribution in [0.25, 0.3) is 11.0 Å². The van der Waals surface area contributed by atoms with E-state index in [9.17, 15) is 4.79 Å². The number of hydrogen-bond acceptors (Lipinski definition) is 3. The normalized spacial score (nSPS) is 12.3. The van der Waals surface area contributed by atoms with E-state index < -0.39 is 0 Å². The van der Waals surface area contributed by atoms with Gasteiger partial charge in [-0.1, -0.05) is 6.07 Å². The monoisotopic (exact) mass is 294 g/mol. The number of rotatable bonds is 3. The molecule has 3 aromatic rings. The largest absolute Gasteiger partial charge is 0.345 e. The van der Waals surface area contributed by atoms with Crippen LogP contribution in [0.2, 0.25) is 0 Å². The van der Waals surface area contributed by atoms with Gasteiger partial charge < -0.3 is 9.88 Å². The van der Waals surface area contributed by atoms with Crippen molar-refractivity contribution in [2.75, 3.05) is 0 Å². The minimum Gasteiger partial charge on any atom is -0.345 e. The molecule has 1 atom stereocenters. The van der Waals surface area contributed by atoms with Gasteiger partial charge in [-0.3, -0.25) is 9.78 Å². The maximum Gasteiger partial charge on any atom is 0.251 e. The van der Waals surface area contributed by atoms with Crippen molar-refractivity contribution in [3.8, 4) is 0 Å². The summed E-state index contributed by atoms with van der Waals surface area (Å²) in [6, 6.07) is 9.30. The highest BCUT2D eigenvalue weighted by Gasteiger charge is 2.13. The van der Waals surface area contributed by atoms with E-state index in [1.165, 1.54) is 0 Å². The smallest absolute Gasteiger partial charge is 0.251 e. The van der Waals surface area contributed by atoms with Gasteiger partial charge in [-0.05, 0) is 43.7 Å². The molecule has 0 radical (unpaired) electrons. The summed E-state index contributed by atoms with van der Waals surface area (Å²) in [6.45, 7) is 3.89. The lowest BCUT2D eigenvalue weighted by atomic mass is 10.1. The van der Waals surface area contributed by atoms with Crippen LogP contribution >= 0.6 is 0 Å². The van der Waals surface area contributed by atoms with Crippen molar-refractivity contribution in [2.24, 2.45) is 7.05 Å². The quantitative estimate of drug-likeness (QED) is 0.808. The predicted molar refractivity (Wildman–Crippen MR) is 85.6 cm³/mol. The molecule has 2 aromatic heterocycles. The minimum atomic E-state index is -0.110. The number of carbonyl (C=O) groups is 1. The molecule has 1 amide bonds. The average Bonchev–Trinajstić information content (AvgIpc) is 2.82. The van der Waals surface area contributed by atoms with Crippen LogP contribution in [0.4, 0.5) is 0 Å². The van der Waals surface area contributed by atoms with Gasteiger partial charge in [0.15, 0.2) is 0 Å². The molecule has 0 aliphatic heterocycles. The summed E-state index contributed by atoms with van der Waals surface area (Å²) < 4.78 is 2.01. The number of fused-ring (bicyclic) bond motifs is 1. The fourth-order valence-corrected chi connectivity index (χ4v) is 2.46. The zero-order chi connectivity index (χ0) is 15.7. The van der Waals surface area contributed by atoms with E-state index in [2.05, 4.69) is 15.3 Å². The molecule has 5 heteroatoms. The molecule has 1 unspecified atom stereocenters. The summed E-state index contributed by atoms with van der Waals surface area (Å²) in [5.74, 6) is 0.817. The first-order chi connectivity index (χ1) is 10.6. The Morgan fingerprint density at radius 1 is 1.32 bits per heavy atom. The topological polar surface area (TPSA) is 59.8 Å². The number of imidazole rings is 1. The van der Waals surface area contributed by atoms with Crippen LogP contribution in [-0.4, -0.2) is 20.4 Å². The molecule has 1 aromatic carbocycles. The Kier molecular flexibility index (Phi) is 3.63. The number of hydrogen-bond donors (Lipinski definition) is 1. The molecule has 0 saturated heterocycles. The lowest BCUT2D eigenvalue weighted by Gasteiger charge is -2.13. The van der Waals surface area contributed by atoms with Crippen LogP contribution in [0.3, 0.4) is 0 Å². The molecule has 0 aliphatic rings. The fraction of sp³-hybridized carbons (Fsp3) is 0.235. The van der Waals surface area contributed by atoms with Crippen molar-refractivity contribution in [2.45, 2.75) is 19.9 Å². The van der Waals surface area contributed by atoms with Crippen molar-refractivity contribution in [1.82, 2.24) is 19.9 Å².